The van der Waals surface area contributed by atoms with Crippen LogP contribution in [0.5, 0.6) is 0 Å². The van der Waals surface area contributed by atoms with Crippen LogP contribution in [0.3, 0.4) is 0 Å². The molecule has 1 atom stereocenters. The van der Waals surface area contributed by atoms with Crippen LogP contribution < -0.4 is 5.32 Å². The summed E-state index contributed by atoms with van der Waals surface area (Å²) in [5.74, 6) is -0.177. The second-order valence-electron chi connectivity index (χ2n) is 4.54. The third-order valence-electron chi connectivity index (χ3n) is 2.96. The lowest BCUT2D eigenvalue weighted by Gasteiger charge is -2.19. The van der Waals surface area contributed by atoms with E-state index in [1.54, 1.807) is 17.4 Å². The van der Waals surface area contributed by atoms with Gasteiger partial charge in [-0.15, -0.1) is 11.3 Å². The molecule has 0 bridgehead atoms. The fourth-order valence-electron chi connectivity index (χ4n) is 2.05. The normalized spacial score (nSPS) is 12.6. The Morgan fingerprint density at radius 3 is 2.74 bits per heavy atom. The Bertz CT molecular complexity index is 553. The Hall–Kier alpha value is -0.460. The zero-order valence-corrected chi connectivity index (χ0v) is 14.0. The summed E-state index contributed by atoms with van der Waals surface area (Å²) in [6.07, 6.45) is 1.08. The molecule has 0 spiro atoms. The second kappa shape index (κ2) is 6.81. The van der Waals surface area contributed by atoms with Crippen LogP contribution in [0.1, 0.15) is 35.4 Å². The number of benzene rings is 1. The molecule has 0 aliphatic carbocycles. The van der Waals surface area contributed by atoms with Gasteiger partial charge in [0.2, 0.25) is 0 Å². The number of nitrogens with one attached hydrogen (secondary N) is 1. The molecule has 0 aliphatic rings. The van der Waals surface area contributed by atoms with Crippen LogP contribution in [-0.4, -0.2) is 6.54 Å². The maximum atomic E-state index is 13.2. The Kier molecular flexibility index (Phi) is 5.36. The van der Waals surface area contributed by atoms with E-state index >= 15 is 0 Å². The number of thiophene rings is 1. The van der Waals surface area contributed by atoms with Crippen LogP contribution in [0, 0.1) is 16.3 Å². The van der Waals surface area contributed by atoms with E-state index in [-0.39, 0.29) is 11.9 Å². The molecule has 1 N–H and O–H groups in total. The van der Waals surface area contributed by atoms with Gasteiger partial charge in [0, 0.05) is 8.45 Å². The first-order valence-electron chi connectivity index (χ1n) is 6.35. The van der Waals surface area contributed by atoms with Gasteiger partial charge < -0.3 is 5.32 Å². The summed E-state index contributed by atoms with van der Waals surface area (Å²) in [5.41, 5.74) is 2.41. The van der Waals surface area contributed by atoms with Crippen molar-refractivity contribution in [2.24, 2.45) is 0 Å². The second-order valence-corrected chi connectivity index (χ2v) is 6.82. The van der Waals surface area contributed by atoms with Crippen LogP contribution in [0.25, 0.3) is 0 Å². The van der Waals surface area contributed by atoms with Crippen LogP contribution in [0.4, 0.5) is 4.39 Å². The summed E-state index contributed by atoms with van der Waals surface area (Å²) in [4.78, 5) is 1.30. The fraction of sp³-hybridized carbons (Fsp3) is 0.333. The smallest absolute Gasteiger partial charge is 0.124 e. The Morgan fingerprint density at radius 1 is 1.37 bits per heavy atom. The molecule has 2 aromatic rings. The van der Waals surface area contributed by atoms with Crippen molar-refractivity contribution in [3.05, 3.63) is 55.0 Å². The first-order chi connectivity index (χ1) is 9.11. The predicted molar refractivity (Wildman–Crippen MR) is 88.3 cm³/mol. The van der Waals surface area contributed by atoms with Gasteiger partial charge in [0.1, 0.15) is 5.82 Å². The molecule has 102 valence electrons. The summed E-state index contributed by atoms with van der Waals surface area (Å²) in [6.45, 7) is 5.21. The molecular formula is C15H17FINS. The highest BCUT2D eigenvalue weighted by Gasteiger charge is 2.17. The highest BCUT2D eigenvalue weighted by Crippen LogP contribution is 2.29. The zero-order valence-electron chi connectivity index (χ0n) is 11.0. The van der Waals surface area contributed by atoms with Crippen molar-refractivity contribution in [3.63, 3.8) is 0 Å². The van der Waals surface area contributed by atoms with Crippen LogP contribution in [-0.2, 0) is 0 Å². The molecule has 1 aromatic carbocycles. The molecule has 19 heavy (non-hydrogen) atoms. The van der Waals surface area contributed by atoms with E-state index in [4.69, 9.17) is 0 Å². The maximum Gasteiger partial charge on any atom is 0.124 e. The summed E-state index contributed by atoms with van der Waals surface area (Å²) in [7, 11) is 0. The van der Waals surface area contributed by atoms with E-state index in [0.29, 0.717) is 0 Å². The summed E-state index contributed by atoms with van der Waals surface area (Å²) >= 11 is 3.96. The van der Waals surface area contributed by atoms with Crippen LogP contribution in [0.2, 0.25) is 0 Å². The Morgan fingerprint density at radius 2 is 2.16 bits per heavy atom. The first kappa shape index (κ1) is 14.9. The molecule has 1 unspecified atom stereocenters. The largest absolute Gasteiger partial charge is 0.306 e. The van der Waals surface area contributed by atoms with Crippen LogP contribution in [0.15, 0.2) is 29.6 Å². The molecule has 1 aromatic heterocycles. The van der Waals surface area contributed by atoms with Gasteiger partial charge in [-0.1, -0.05) is 13.0 Å². The summed E-state index contributed by atoms with van der Waals surface area (Å²) in [5, 5.41) is 5.74. The summed E-state index contributed by atoms with van der Waals surface area (Å²) in [6, 6.07) is 7.37. The number of hydrogen-bond donors (Lipinski definition) is 1. The van der Waals surface area contributed by atoms with Gasteiger partial charge >= 0.3 is 0 Å². The number of halogens is 2. The average molecular weight is 389 g/mol. The minimum atomic E-state index is -0.177. The fourth-order valence-corrected chi connectivity index (χ4v) is 3.57. The van der Waals surface area contributed by atoms with Gasteiger partial charge in [0.05, 0.1) is 6.04 Å². The zero-order chi connectivity index (χ0) is 13.8. The lowest BCUT2D eigenvalue weighted by Crippen LogP contribution is -2.23. The first-order valence-corrected chi connectivity index (χ1v) is 8.31. The molecular weight excluding hydrogens is 372 g/mol. The third kappa shape index (κ3) is 3.77. The maximum absolute atomic E-state index is 13.2. The lowest BCUT2D eigenvalue weighted by molar-refractivity contribution is 0.591. The van der Waals surface area contributed by atoms with E-state index in [1.807, 2.05) is 6.07 Å². The number of rotatable bonds is 5. The van der Waals surface area contributed by atoms with E-state index in [2.05, 4.69) is 53.2 Å². The minimum absolute atomic E-state index is 0.150. The van der Waals surface area contributed by atoms with E-state index < -0.39 is 0 Å². The van der Waals surface area contributed by atoms with Crippen molar-refractivity contribution in [2.45, 2.75) is 26.3 Å². The monoisotopic (exact) mass is 389 g/mol. The topological polar surface area (TPSA) is 12.0 Å². The molecule has 0 aliphatic heterocycles. The molecule has 0 amide bonds. The molecule has 2 rings (SSSR count). The molecule has 1 heterocycles. The van der Waals surface area contributed by atoms with Gasteiger partial charge in [-0.05, 0) is 77.2 Å². The highest BCUT2D eigenvalue weighted by molar-refractivity contribution is 14.1. The van der Waals surface area contributed by atoms with Gasteiger partial charge in [0.15, 0.2) is 0 Å². The molecule has 0 fully saturated rings. The highest BCUT2D eigenvalue weighted by atomic mass is 127. The van der Waals surface area contributed by atoms with Crippen molar-refractivity contribution in [1.29, 1.82) is 0 Å². The molecule has 1 nitrogen and oxygen atoms in total. The van der Waals surface area contributed by atoms with Gasteiger partial charge in [-0.3, -0.25) is 0 Å². The van der Waals surface area contributed by atoms with E-state index in [0.717, 1.165) is 22.1 Å². The van der Waals surface area contributed by atoms with Gasteiger partial charge in [0.25, 0.3) is 0 Å². The number of aryl methyl sites for hydroxylation is 1. The van der Waals surface area contributed by atoms with Crippen molar-refractivity contribution < 1.29 is 4.39 Å². The number of hydrogen-bond acceptors (Lipinski definition) is 2. The van der Waals surface area contributed by atoms with Crippen molar-refractivity contribution >= 4 is 33.9 Å². The van der Waals surface area contributed by atoms with E-state index in [9.17, 15) is 4.39 Å². The SMILES string of the molecule is CCCNC(c1csc(C)c1)c1ccc(F)cc1I. The van der Waals surface area contributed by atoms with Crippen molar-refractivity contribution in [3.8, 4) is 0 Å². The van der Waals surface area contributed by atoms with Gasteiger partial charge in [-0.2, -0.15) is 0 Å². The Labute approximate surface area is 131 Å². The van der Waals surface area contributed by atoms with Crippen LogP contribution >= 0.6 is 33.9 Å². The van der Waals surface area contributed by atoms with Gasteiger partial charge in [-0.25, -0.2) is 4.39 Å². The molecule has 0 saturated carbocycles. The van der Waals surface area contributed by atoms with Crippen molar-refractivity contribution in [1.82, 2.24) is 5.32 Å². The molecule has 0 radical (unpaired) electrons. The lowest BCUT2D eigenvalue weighted by atomic mass is 10.0. The standard InChI is InChI=1S/C15H17FINS/c1-3-6-18-15(11-7-10(2)19-9-11)13-5-4-12(16)8-14(13)17/h4-5,7-9,15,18H,3,6H2,1-2H3. The van der Waals surface area contributed by atoms with E-state index in [1.165, 1.54) is 16.5 Å². The van der Waals surface area contributed by atoms with Crippen molar-refractivity contribution in [2.75, 3.05) is 6.54 Å². The average Bonchev–Trinajstić information content (AvgIpc) is 2.78. The predicted octanol–water partition coefficient (Wildman–Crippen LogP) is 4.89. The summed E-state index contributed by atoms with van der Waals surface area (Å²) < 4.78 is 14.2. The third-order valence-corrected chi connectivity index (χ3v) is 4.77. The quantitative estimate of drug-likeness (QED) is 0.719. The minimum Gasteiger partial charge on any atom is -0.306 e. The molecule has 0 saturated heterocycles. The Balaban J connectivity index is 2.36. The molecule has 4 heteroatoms.